The minimum absolute atomic E-state index is 0.122. The Morgan fingerprint density at radius 1 is 0.950 bits per heavy atom. The molecule has 0 aromatic heterocycles. The van der Waals surface area contributed by atoms with Crippen LogP contribution in [0.4, 0.5) is 13.2 Å². The SMILES string of the molecule is O=C(Oc1ccc(CC(F)(F)F)cc1)c1ccccc1. The lowest BCUT2D eigenvalue weighted by molar-refractivity contribution is -0.127. The monoisotopic (exact) mass is 280 g/mol. The van der Waals surface area contributed by atoms with Crippen molar-refractivity contribution in [1.82, 2.24) is 0 Å². The van der Waals surface area contributed by atoms with E-state index in [1.807, 2.05) is 0 Å². The maximum absolute atomic E-state index is 12.2. The molecular weight excluding hydrogens is 269 g/mol. The zero-order valence-electron chi connectivity index (χ0n) is 10.4. The Bertz CT molecular complexity index is 574. The van der Waals surface area contributed by atoms with Gasteiger partial charge in [-0.1, -0.05) is 30.3 Å². The van der Waals surface area contributed by atoms with E-state index in [0.29, 0.717) is 5.56 Å². The second-order valence-corrected chi connectivity index (χ2v) is 4.19. The van der Waals surface area contributed by atoms with E-state index in [2.05, 4.69) is 0 Å². The highest BCUT2D eigenvalue weighted by molar-refractivity contribution is 5.90. The molecule has 0 heterocycles. The van der Waals surface area contributed by atoms with Gasteiger partial charge in [0.2, 0.25) is 0 Å². The van der Waals surface area contributed by atoms with Crippen LogP contribution in [0.15, 0.2) is 54.6 Å². The van der Waals surface area contributed by atoms with Crippen molar-refractivity contribution in [2.45, 2.75) is 12.6 Å². The van der Waals surface area contributed by atoms with Gasteiger partial charge in [0.1, 0.15) is 5.75 Å². The fourth-order valence-corrected chi connectivity index (χ4v) is 1.65. The maximum atomic E-state index is 12.2. The number of ether oxygens (including phenoxy) is 1. The summed E-state index contributed by atoms with van der Waals surface area (Å²) >= 11 is 0. The van der Waals surface area contributed by atoms with Crippen molar-refractivity contribution < 1.29 is 22.7 Å². The minimum Gasteiger partial charge on any atom is -0.423 e. The van der Waals surface area contributed by atoms with E-state index >= 15 is 0 Å². The first kappa shape index (κ1) is 14.1. The van der Waals surface area contributed by atoms with E-state index in [9.17, 15) is 18.0 Å². The van der Waals surface area contributed by atoms with Crippen molar-refractivity contribution in [1.29, 1.82) is 0 Å². The Balaban J connectivity index is 2.02. The summed E-state index contributed by atoms with van der Waals surface area (Å²) in [5.74, 6) is -0.334. The molecule has 0 bridgehead atoms. The molecule has 104 valence electrons. The summed E-state index contributed by atoms with van der Waals surface area (Å²) in [7, 11) is 0. The van der Waals surface area contributed by atoms with Gasteiger partial charge in [-0.3, -0.25) is 0 Å². The van der Waals surface area contributed by atoms with Crippen LogP contribution in [0.1, 0.15) is 15.9 Å². The Kier molecular flexibility index (Phi) is 4.08. The third kappa shape index (κ3) is 4.12. The van der Waals surface area contributed by atoms with Crippen molar-refractivity contribution in [3.8, 4) is 5.75 Å². The van der Waals surface area contributed by atoms with Gasteiger partial charge in [-0.15, -0.1) is 0 Å². The number of carbonyl (C=O) groups excluding carboxylic acids is 1. The molecule has 0 radical (unpaired) electrons. The molecule has 0 spiro atoms. The molecular formula is C15H11F3O2. The first-order chi connectivity index (χ1) is 9.44. The number of esters is 1. The van der Waals surface area contributed by atoms with Gasteiger partial charge in [0.15, 0.2) is 0 Å². The van der Waals surface area contributed by atoms with Crippen LogP contribution in [0.25, 0.3) is 0 Å². The molecule has 0 aliphatic rings. The van der Waals surface area contributed by atoms with Crippen molar-refractivity contribution in [2.75, 3.05) is 0 Å². The van der Waals surface area contributed by atoms with Crippen LogP contribution >= 0.6 is 0 Å². The quantitative estimate of drug-likeness (QED) is 0.627. The molecule has 2 aromatic rings. The summed E-state index contributed by atoms with van der Waals surface area (Å²) in [6.45, 7) is 0. The molecule has 0 aliphatic heterocycles. The highest BCUT2D eigenvalue weighted by Gasteiger charge is 2.27. The first-order valence-corrected chi connectivity index (χ1v) is 5.87. The number of rotatable bonds is 3. The Morgan fingerprint density at radius 2 is 1.55 bits per heavy atom. The number of halogens is 3. The van der Waals surface area contributed by atoms with E-state index in [1.165, 1.54) is 24.3 Å². The minimum atomic E-state index is -4.25. The standard InChI is InChI=1S/C15H11F3O2/c16-15(17,18)10-11-6-8-13(9-7-11)20-14(19)12-4-2-1-3-5-12/h1-9H,10H2. The summed E-state index contributed by atoms with van der Waals surface area (Å²) in [4.78, 5) is 11.7. The summed E-state index contributed by atoms with van der Waals surface area (Å²) in [6.07, 6.45) is -5.25. The average molecular weight is 280 g/mol. The molecule has 0 saturated carbocycles. The van der Waals surface area contributed by atoms with Gasteiger partial charge in [0, 0.05) is 0 Å². The highest BCUT2D eigenvalue weighted by Crippen LogP contribution is 2.23. The van der Waals surface area contributed by atoms with Gasteiger partial charge in [0.25, 0.3) is 0 Å². The maximum Gasteiger partial charge on any atom is 0.393 e. The van der Waals surface area contributed by atoms with Gasteiger partial charge in [0.05, 0.1) is 12.0 Å². The van der Waals surface area contributed by atoms with Gasteiger partial charge in [-0.05, 0) is 29.8 Å². The van der Waals surface area contributed by atoms with Crippen molar-refractivity contribution >= 4 is 5.97 Å². The molecule has 0 atom stereocenters. The second-order valence-electron chi connectivity index (χ2n) is 4.19. The molecule has 0 amide bonds. The third-order valence-corrected chi connectivity index (χ3v) is 2.55. The number of hydrogen-bond donors (Lipinski definition) is 0. The predicted octanol–water partition coefficient (Wildman–Crippen LogP) is 4.01. The van der Waals surface area contributed by atoms with E-state index in [0.717, 1.165) is 0 Å². The van der Waals surface area contributed by atoms with Gasteiger partial charge in [-0.2, -0.15) is 13.2 Å². The smallest absolute Gasteiger partial charge is 0.393 e. The van der Waals surface area contributed by atoms with Crippen LogP contribution in [0.5, 0.6) is 5.75 Å². The van der Waals surface area contributed by atoms with E-state index in [-0.39, 0.29) is 11.3 Å². The normalized spacial score (nSPS) is 11.2. The van der Waals surface area contributed by atoms with Gasteiger partial charge in [-0.25, -0.2) is 4.79 Å². The zero-order chi connectivity index (χ0) is 14.6. The summed E-state index contributed by atoms with van der Waals surface area (Å²) < 4.78 is 41.6. The molecule has 2 nitrogen and oxygen atoms in total. The Labute approximate surface area is 113 Å². The van der Waals surface area contributed by atoms with Crippen LogP contribution in [-0.4, -0.2) is 12.1 Å². The lowest BCUT2D eigenvalue weighted by Crippen LogP contribution is -2.11. The van der Waals surface area contributed by atoms with Crippen LogP contribution in [0.2, 0.25) is 0 Å². The summed E-state index contributed by atoms with van der Waals surface area (Å²) in [6, 6.07) is 13.6. The van der Waals surface area contributed by atoms with E-state index < -0.39 is 18.6 Å². The third-order valence-electron chi connectivity index (χ3n) is 2.55. The first-order valence-electron chi connectivity index (χ1n) is 5.87. The molecule has 0 N–H and O–H groups in total. The van der Waals surface area contributed by atoms with Crippen molar-refractivity contribution in [3.05, 3.63) is 65.7 Å². The number of carbonyl (C=O) groups is 1. The molecule has 0 saturated heterocycles. The summed E-state index contributed by atoms with van der Waals surface area (Å²) in [5, 5.41) is 0. The van der Waals surface area contributed by atoms with Crippen LogP contribution in [0, 0.1) is 0 Å². The fraction of sp³-hybridized carbons (Fsp3) is 0.133. The molecule has 2 rings (SSSR count). The molecule has 2 aromatic carbocycles. The van der Waals surface area contributed by atoms with E-state index in [1.54, 1.807) is 30.3 Å². The molecule has 0 unspecified atom stereocenters. The Hall–Kier alpha value is -2.30. The molecule has 20 heavy (non-hydrogen) atoms. The van der Waals surface area contributed by atoms with Gasteiger partial charge < -0.3 is 4.74 Å². The number of alkyl halides is 3. The molecule has 0 aliphatic carbocycles. The fourth-order valence-electron chi connectivity index (χ4n) is 1.65. The predicted molar refractivity (Wildman–Crippen MR) is 67.6 cm³/mol. The van der Waals surface area contributed by atoms with Crippen LogP contribution in [0.3, 0.4) is 0 Å². The average Bonchev–Trinajstić information content (AvgIpc) is 2.40. The largest absolute Gasteiger partial charge is 0.423 e. The van der Waals surface area contributed by atoms with Crippen LogP contribution < -0.4 is 4.74 Å². The zero-order valence-corrected chi connectivity index (χ0v) is 10.4. The number of benzene rings is 2. The van der Waals surface area contributed by atoms with Crippen molar-refractivity contribution in [3.63, 3.8) is 0 Å². The molecule has 5 heteroatoms. The lowest BCUT2D eigenvalue weighted by atomic mass is 10.1. The highest BCUT2D eigenvalue weighted by atomic mass is 19.4. The number of hydrogen-bond acceptors (Lipinski definition) is 2. The summed E-state index contributed by atoms with van der Waals surface area (Å²) in [5.41, 5.74) is 0.504. The second kappa shape index (κ2) is 5.77. The topological polar surface area (TPSA) is 26.3 Å². The van der Waals surface area contributed by atoms with Gasteiger partial charge >= 0.3 is 12.1 Å². The Morgan fingerprint density at radius 3 is 2.10 bits per heavy atom. The molecule has 0 fully saturated rings. The van der Waals surface area contributed by atoms with E-state index in [4.69, 9.17) is 4.74 Å². The van der Waals surface area contributed by atoms with Crippen LogP contribution in [-0.2, 0) is 6.42 Å². The van der Waals surface area contributed by atoms with Crippen molar-refractivity contribution in [2.24, 2.45) is 0 Å². The lowest BCUT2D eigenvalue weighted by Gasteiger charge is -2.08.